The van der Waals surface area contributed by atoms with Crippen LogP contribution in [0, 0.1) is 13.8 Å². The predicted octanol–water partition coefficient (Wildman–Crippen LogP) is 5.09. The molecular formula is C27H29N3O2. The first-order valence-electron chi connectivity index (χ1n) is 11.1. The minimum atomic E-state index is -0.0442. The highest BCUT2D eigenvalue weighted by Gasteiger charge is 2.12. The van der Waals surface area contributed by atoms with Gasteiger partial charge in [0.1, 0.15) is 11.6 Å². The average molecular weight is 428 g/mol. The number of para-hydroxylation sites is 2. The van der Waals surface area contributed by atoms with Crippen molar-refractivity contribution in [1.82, 2.24) is 14.9 Å². The van der Waals surface area contributed by atoms with Crippen molar-refractivity contribution in [3.05, 3.63) is 95.3 Å². The normalized spacial score (nSPS) is 10.9. The van der Waals surface area contributed by atoms with E-state index in [2.05, 4.69) is 35.0 Å². The summed E-state index contributed by atoms with van der Waals surface area (Å²) in [4.78, 5) is 17.3. The predicted molar refractivity (Wildman–Crippen MR) is 128 cm³/mol. The van der Waals surface area contributed by atoms with Gasteiger partial charge in [0.25, 0.3) is 5.91 Å². The fourth-order valence-corrected chi connectivity index (χ4v) is 3.89. The lowest BCUT2D eigenvalue weighted by Crippen LogP contribution is -2.27. The maximum atomic E-state index is 12.5. The first-order chi connectivity index (χ1) is 15.6. The van der Waals surface area contributed by atoms with Gasteiger partial charge in [-0.2, -0.15) is 0 Å². The molecule has 0 aliphatic carbocycles. The molecule has 0 unspecified atom stereocenters. The summed E-state index contributed by atoms with van der Waals surface area (Å²) in [6.07, 6.45) is 1.54. The minimum Gasteiger partial charge on any atom is -0.494 e. The van der Waals surface area contributed by atoms with Crippen LogP contribution >= 0.6 is 0 Å². The third kappa shape index (κ3) is 5.17. The summed E-state index contributed by atoms with van der Waals surface area (Å²) in [7, 11) is 0. The largest absolute Gasteiger partial charge is 0.494 e. The van der Waals surface area contributed by atoms with Crippen LogP contribution in [0.15, 0.2) is 72.8 Å². The molecule has 0 aliphatic rings. The van der Waals surface area contributed by atoms with Gasteiger partial charge in [-0.25, -0.2) is 4.98 Å². The summed E-state index contributed by atoms with van der Waals surface area (Å²) in [5.74, 6) is 1.84. The average Bonchev–Trinajstić information content (AvgIpc) is 3.14. The van der Waals surface area contributed by atoms with Crippen molar-refractivity contribution in [3.8, 4) is 5.75 Å². The molecule has 4 aromatic rings. The Morgan fingerprint density at radius 1 is 1.00 bits per heavy atom. The fourth-order valence-electron chi connectivity index (χ4n) is 3.89. The summed E-state index contributed by atoms with van der Waals surface area (Å²) in [5, 5.41) is 3.04. The number of carbonyl (C=O) groups is 1. The number of nitrogens with zero attached hydrogens (tertiary/aromatic N) is 2. The highest BCUT2D eigenvalue weighted by Crippen LogP contribution is 2.18. The smallest absolute Gasteiger partial charge is 0.251 e. The SMILES string of the molecule is Cc1cccc(OCCCn2c(CCNC(=O)c3ccccc3C)nc3ccccc32)c1. The van der Waals surface area contributed by atoms with Gasteiger partial charge in [0, 0.05) is 25.1 Å². The van der Waals surface area contributed by atoms with Crippen LogP contribution in [0.4, 0.5) is 0 Å². The van der Waals surface area contributed by atoms with Crippen molar-refractivity contribution in [2.75, 3.05) is 13.2 Å². The standard InChI is InChI=1S/C27H29N3O2/c1-20-9-7-11-22(19-20)32-18-8-17-30-25-14-6-5-13-24(25)29-26(30)15-16-28-27(31)23-12-4-3-10-21(23)2/h3-7,9-14,19H,8,15-18H2,1-2H3,(H,28,31). The van der Waals surface area contributed by atoms with Crippen LogP contribution in [0.2, 0.25) is 0 Å². The maximum Gasteiger partial charge on any atom is 0.251 e. The number of benzene rings is 3. The van der Waals surface area contributed by atoms with E-state index in [0.717, 1.165) is 41.1 Å². The molecule has 5 heteroatoms. The quantitative estimate of drug-likeness (QED) is 0.378. The second-order valence-electron chi connectivity index (χ2n) is 8.01. The molecule has 0 atom stereocenters. The number of aromatic nitrogens is 2. The Morgan fingerprint density at radius 2 is 1.81 bits per heavy atom. The van der Waals surface area contributed by atoms with E-state index >= 15 is 0 Å². The summed E-state index contributed by atoms with van der Waals surface area (Å²) in [6.45, 7) is 6.00. The van der Waals surface area contributed by atoms with Crippen LogP contribution in [-0.4, -0.2) is 28.6 Å². The van der Waals surface area contributed by atoms with Crippen molar-refractivity contribution in [1.29, 1.82) is 0 Å². The zero-order chi connectivity index (χ0) is 22.3. The lowest BCUT2D eigenvalue weighted by molar-refractivity contribution is 0.0953. The van der Waals surface area contributed by atoms with Gasteiger partial charge in [-0.1, -0.05) is 42.5 Å². The number of hydrogen-bond acceptors (Lipinski definition) is 3. The van der Waals surface area contributed by atoms with E-state index in [4.69, 9.17) is 9.72 Å². The Bertz CT molecular complexity index is 1210. The molecule has 1 heterocycles. The molecule has 0 fully saturated rings. The maximum absolute atomic E-state index is 12.5. The van der Waals surface area contributed by atoms with E-state index in [1.807, 2.05) is 61.5 Å². The van der Waals surface area contributed by atoms with Gasteiger partial charge in [0.2, 0.25) is 0 Å². The molecule has 32 heavy (non-hydrogen) atoms. The molecule has 1 aromatic heterocycles. The van der Waals surface area contributed by atoms with Gasteiger partial charge < -0.3 is 14.6 Å². The molecule has 4 rings (SSSR count). The Balaban J connectivity index is 1.38. The second kappa shape index (κ2) is 10.1. The summed E-state index contributed by atoms with van der Waals surface area (Å²) >= 11 is 0. The first-order valence-corrected chi connectivity index (χ1v) is 11.1. The molecule has 0 radical (unpaired) electrons. The number of rotatable bonds is 9. The number of hydrogen-bond donors (Lipinski definition) is 1. The number of fused-ring (bicyclic) bond motifs is 1. The zero-order valence-electron chi connectivity index (χ0n) is 18.7. The van der Waals surface area contributed by atoms with Crippen molar-refractivity contribution < 1.29 is 9.53 Å². The second-order valence-corrected chi connectivity index (χ2v) is 8.01. The number of aryl methyl sites for hydroxylation is 3. The molecule has 0 aliphatic heterocycles. The lowest BCUT2D eigenvalue weighted by Gasteiger charge is -2.12. The van der Waals surface area contributed by atoms with Crippen molar-refractivity contribution in [2.24, 2.45) is 0 Å². The van der Waals surface area contributed by atoms with Gasteiger partial charge in [-0.15, -0.1) is 0 Å². The van der Waals surface area contributed by atoms with Gasteiger partial charge in [-0.05, 0) is 61.7 Å². The zero-order valence-corrected chi connectivity index (χ0v) is 18.7. The van der Waals surface area contributed by atoms with E-state index in [1.165, 1.54) is 5.56 Å². The highest BCUT2D eigenvalue weighted by atomic mass is 16.5. The number of ether oxygens (including phenoxy) is 1. The van der Waals surface area contributed by atoms with E-state index in [1.54, 1.807) is 0 Å². The molecule has 164 valence electrons. The third-order valence-corrected chi connectivity index (χ3v) is 5.54. The monoisotopic (exact) mass is 427 g/mol. The van der Waals surface area contributed by atoms with Crippen molar-refractivity contribution >= 4 is 16.9 Å². The fraction of sp³-hybridized carbons (Fsp3) is 0.259. The molecule has 0 saturated heterocycles. The summed E-state index contributed by atoms with van der Waals surface area (Å²) < 4.78 is 8.16. The van der Waals surface area contributed by atoms with Crippen LogP contribution in [0.3, 0.4) is 0 Å². The Hall–Kier alpha value is -3.60. The number of carbonyl (C=O) groups excluding carboxylic acids is 1. The Labute approximate surface area is 189 Å². The van der Waals surface area contributed by atoms with Gasteiger partial charge in [0.05, 0.1) is 17.6 Å². The van der Waals surface area contributed by atoms with Gasteiger partial charge >= 0.3 is 0 Å². The van der Waals surface area contributed by atoms with Crippen LogP contribution in [-0.2, 0) is 13.0 Å². The van der Waals surface area contributed by atoms with E-state index < -0.39 is 0 Å². The summed E-state index contributed by atoms with van der Waals surface area (Å²) in [6, 6.07) is 23.9. The molecule has 0 saturated carbocycles. The van der Waals surface area contributed by atoms with Crippen LogP contribution in [0.5, 0.6) is 5.75 Å². The first kappa shape index (κ1) is 21.6. The van der Waals surface area contributed by atoms with E-state index in [-0.39, 0.29) is 5.91 Å². The molecule has 0 spiro atoms. The van der Waals surface area contributed by atoms with Crippen molar-refractivity contribution in [2.45, 2.75) is 33.2 Å². The summed E-state index contributed by atoms with van der Waals surface area (Å²) in [5.41, 5.74) is 4.98. The molecular weight excluding hydrogens is 398 g/mol. The Kier molecular flexibility index (Phi) is 6.85. The van der Waals surface area contributed by atoms with Crippen LogP contribution in [0.25, 0.3) is 11.0 Å². The number of imidazole rings is 1. The van der Waals surface area contributed by atoms with Crippen LogP contribution < -0.4 is 10.1 Å². The molecule has 3 aromatic carbocycles. The van der Waals surface area contributed by atoms with E-state index in [9.17, 15) is 4.79 Å². The highest BCUT2D eigenvalue weighted by molar-refractivity contribution is 5.95. The Morgan fingerprint density at radius 3 is 2.66 bits per heavy atom. The van der Waals surface area contributed by atoms with Gasteiger partial charge in [0.15, 0.2) is 0 Å². The van der Waals surface area contributed by atoms with E-state index in [0.29, 0.717) is 25.1 Å². The number of nitrogens with one attached hydrogen (secondary N) is 1. The minimum absolute atomic E-state index is 0.0442. The third-order valence-electron chi connectivity index (χ3n) is 5.54. The lowest BCUT2D eigenvalue weighted by atomic mass is 10.1. The van der Waals surface area contributed by atoms with Gasteiger partial charge in [-0.3, -0.25) is 4.79 Å². The van der Waals surface area contributed by atoms with Crippen LogP contribution in [0.1, 0.15) is 33.7 Å². The molecule has 1 N–H and O–H groups in total. The molecule has 0 bridgehead atoms. The topological polar surface area (TPSA) is 56.1 Å². The molecule has 5 nitrogen and oxygen atoms in total. The molecule has 1 amide bonds. The van der Waals surface area contributed by atoms with Crippen molar-refractivity contribution in [3.63, 3.8) is 0 Å². The number of amides is 1.